The molecule has 8 heteroatoms. The summed E-state index contributed by atoms with van der Waals surface area (Å²) in [6.45, 7) is 7.13. The molecule has 1 aliphatic heterocycles. The predicted molar refractivity (Wildman–Crippen MR) is 117 cm³/mol. The van der Waals surface area contributed by atoms with E-state index in [4.69, 9.17) is 15.3 Å². The van der Waals surface area contributed by atoms with Crippen LogP contribution in [-0.4, -0.2) is 63.5 Å². The summed E-state index contributed by atoms with van der Waals surface area (Å²) in [6, 6.07) is 0.801. The molecule has 1 aliphatic carbocycles. The topological polar surface area (TPSA) is 122 Å². The van der Waals surface area contributed by atoms with E-state index < -0.39 is 5.92 Å². The molecule has 2 aliphatic rings. The van der Waals surface area contributed by atoms with Crippen molar-refractivity contribution in [3.63, 3.8) is 0 Å². The molecule has 3 rings (SSSR count). The molecule has 168 valence electrons. The number of piperidine rings is 1. The van der Waals surface area contributed by atoms with Gasteiger partial charge in [0, 0.05) is 42.7 Å². The predicted octanol–water partition coefficient (Wildman–Crippen LogP) is 3.25. The zero-order valence-corrected chi connectivity index (χ0v) is 18.7. The van der Waals surface area contributed by atoms with Crippen molar-refractivity contribution in [2.24, 2.45) is 5.41 Å². The number of hydrogen-bond acceptors (Lipinski definition) is 7. The van der Waals surface area contributed by atoms with Gasteiger partial charge in [0.1, 0.15) is 11.8 Å². The minimum Gasteiger partial charge on any atom is -0.396 e. The average molecular weight is 419 g/mol. The van der Waals surface area contributed by atoms with Crippen LogP contribution in [0.5, 0.6) is 0 Å². The maximum Gasteiger partial charge on any atom is 0.237 e. The molecule has 1 saturated carbocycles. The minimum atomic E-state index is -0.417. The van der Waals surface area contributed by atoms with Crippen molar-refractivity contribution < 1.29 is 9.63 Å². The molecule has 2 fully saturated rings. The molecule has 1 saturated heterocycles. The molecule has 3 atom stereocenters. The Balaban J connectivity index is 1.76. The first-order valence-electron chi connectivity index (χ1n) is 11.4. The molecule has 1 aromatic rings. The van der Waals surface area contributed by atoms with Crippen LogP contribution in [0.3, 0.4) is 0 Å². The van der Waals surface area contributed by atoms with Crippen molar-refractivity contribution >= 4 is 11.5 Å². The van der Waals surface area contributed by atoms with E-state index >= 15 is 0 Å². The first-order chi connectivity index (χ1) is 14.4. The number of aryl methyl sites for hydroxylation is 1. The molecule has 4 N–H and O–H groups in total. The van der Waals surface area contributed by atoms with E-state index in [-0.39, 0.29) is 18.1 Å². The maximum absolute atomic E-state index is 10.4. The quantitative estimate of drug-likeness (QED) is 0.380. The Bertz CT molecular complexity index is 723. The van der Waals surface area contributed by atoms with Crippen LogP contribution in [0.15, 0.2) is 4.52 Å². The monoisotopic (exact) mass is 418 g/mol. The van der Waals surface area contributed by atoms with E-state index in [0.717, 1.165) is 19.4 Å². The van der Waals surface area contributed by atoms with Crippen LogP contribution in [0.4, 0.5) is 0 Å². The Hall–Kier alpha value is -1.80. The lowest BCUT2D eigenvalue weighted by Gasteiger charge is -2.50. The summed E-state index contributed by atoms with van der Waals surface area (Å²) in [6.07, 6.45) is 8.48. The number of amidine groups is 1. The van der Waals surface area contributed by atoms with Crippen molar-refractivity contribution in [2.75, 3.05) is 19.7 Å². The van der Waals surface area contributed by atoms with Crippen LogP contribution >= 0.6 is 0 Å². The zero-order chi connectivity index (χ0) is 21.7. The average Bonchev–Trinajstić information content (AvgIpc) is 3.18. The summed E-state index contributed by atoms with van der Waals surface area (Å²) in [7, 11) is 0. The lowest BCUT2D eigenvalue weighted by atomic mass is 9.73. The Labute approximate surface area is 179 Å². The Morgan fingerprint density at radius 1 is 1.30 bits per heavy atom. The van der Waals surface area contributed by atoms with Gasteiger partial charge in [-0.25, -0.2) is 0 Å². The van der Waals surface area contributed by atoms with Crippen molar-refractivity contribution in [1.29, 1.82) is 10.8 Å². The van der Waals surface area contributed by atoms with E-state index in [0.29, 0.717) is 42.3 Å². The highest BCUT2D eigenvalue weighted by Gasteiger charge is 2.44. The summed E-state index contributed by atoms with van der Waals surface area (Å²) in [5.74, 6) is 0.934. The van der Waals surface area contributed by atoms with E-state index in [1.807, 2.05) is 0 Å². The van der Waals surface area contributed by atoms with Gasteiger partial charge in [-0.3, -0.25) is 5.41 Å². The third kappa shape index (κ3) is 5.09. The number of likely N-dealkylation sites (tertiary alicyclic amines) is 1. The van der Waals surface area contributed by atoms with E-state index in [9.17, 15) is 5.11 Å². The fourth-order valence-electron chi connectivity index (χ4n) is 5.09. The Morgan fingerprint density at radius 2 is 2.03 bits per heavy atom. The van der Waals surface area contributed by atoms with Crippen LogP contribution < -0.4 is 5.32 Å². The van der Waals surface area contributed by atoms with Crippen molar-refractivity contribution in [1.82, 2.24) is 20.4 Å². The van der Waals surface area contributed by atoms with Gasteiger partial charge in [-0.05, 0) is 39.5 Å². The summed E-state index contributed by atoms with van der Waals surface area (Å²) in [5, 5.41) is 35.1. The fraction of sp³-hybridized carbons (Fsp3) is 0.818. The highest BCUT2D eigenvalue weighted by Crippen LogP contribution is 2.36. The normalized spacial score (nSPS) is 26.5. The van der Waals surface area contributed by atoms with E-state index in [1.54, 1.807) is 13.8 Å². The largest absolute Gasteiger partial charge is 0.396 e. The van der Waals surface area contributed by atoms with Gasteiger partial charge in [-0.2, -0.15) is 4.98 Å². The molecule has 2 heterocycles. The number of aliphatic hydroxyl groups is 1. The summed E-state index contributed by atoms with van der Waals surface area (Å²) in [4.78, 5) is 6.41. The van der Waals surface area contributed by atoms with Gasteiger partial charge in [0.15, 0.2) is 5.82 Å². The zero-order valence-electron chi connectivity index (χ0n) is 18.7. The van der Waals surface area contributed by atoms with Gasteiger partial charge in [-0.1, -0.05) is 31.3 Å². The third-order valence-corrected chi connectivity index (χ3v) is 7.02. The molecule has 8 nitrogen and oxygen atoms in total. The SMILES string of the molecule is CCC1(CO)CN(C(=N)C(CC(C)=N)c2nc(C)no2)CCC1NC1CCCCC1. The first kappa shape index (κ1) is 22.9. The molecule has 0 aromatic carbocycles. The Morgan fingerprint density at radius 3 is 2.60 bits per heavy atom. The standard InChI is InChI=1S/C22H38N6O2/c1-4-22(14-29)13-28(11-10-19(22)26-17-8-6-5-7-9-17)20(24)18(12-15(2)23)21-25-16(3)27-30-21/h17-19,23-24,26,29H,4-14H2,1-3H3. The molecule has 1 aromatic heterocycles. The van der Waals surface area contributed by atoms with Crippen molar-refractivity contribution in [2.45, 2.75) is 90.1 Å². The van der Waals surface area contributed by atoms with Crippen molar-refractivity contribution in [3.8, 4) is 0 Å². The second-order valence-corrected chi connectivity index (χ2v) is 9.24. The highest BCUT2D eigenvalue weighted by atomic mass is 16.5. The van der Waals surface area contributed by atoms with Crippen LogP contribution in [0, 0.1) is 23.2 Å². The smallest absolute Gasteiger partial charge is 0.237 e. The summed E-state index contributed by atoms with van der Waals surface area (Å²) in [5.41, 5.74) is 0.204. The van der Waals surface area contributed by atoms with Gasteiger partial charge in [0.05, 0.1) is 6.61 Å². The molecule has 30 heavy (non-hydrogen) atoms. The number of aliphatic hydroxyl groups excluding tert-OH is 1. The Kier molecular flexibility index (Phi) is 7.63. The van der Waals surface area contributed by atoms with Gasteiger partial charge in [0.25, 0.3) is 0 Å². The molecule has 3 unspecified atom stereocenters. The number of hydrogen-bond donors (Lipinski definition) is 4. The van der Waals surface area contributed by atoms with E-state index in [2.05, 4.69) is 27.3 Å². The van der Waals surface area contributed by atoms with Gasteiger partial charge in [-0.15, -0.1) is 0 Å². The van der Waals surface area contributed by atoms with Crippen LogP contribution in [0.25, 0.3) is 0 Å². The van der Waals surface area contributed by atoms with Gasteiger partial charge >= 0.3 is 0 Å². The molecule has 0 bridgehead atoms. The lowest BCUT2D eigenvalue weighted by Crippen LogP contribution is -2.61. The van der Waals surface area contributed by atoms with Crippen LogP contribution in [0.1, 0.15) is 82.8 Å². The second kappa shape index (κ2) is 10.0. The molecular formula is C22H38N6O2. The summed E-state index contributed by atoms with van der Waals surface area (Å²) < 4.78 is 5.38. The minimum absolute atomic E-state index is 0.103. The maximum atomic E-state index is 10.4. The second-order valence-electron chi connectivity index (χ2n) is 9.24. The summed E-state index contributed by atoms with van der Waals surface area (Å²) >= 11 is 0. The van der Waals surface area contributed by atoms with Crippen LogP contribution in [-0.2, 0) is 0 Å². The molecular weight excluding hydrogens is 380 g/mol. The number of rotatable bonds is 8. The third-order valence-electron chi connectivity index (χ3n) is 7.02. The molecule has 0 amide bonds. The first-order valence-corrected chi connectivity index (χ1v) is 11.4. The van der Waals surface area contributed by atoms with Crippen molar-refractivity contribution in [3.05, 3.63) is 11.7 Å². The van der Waals surface area contributed by atoms with E-state index in [1.165, 1.54) is 32.1 Å². The number of aromatic nitrogens is 2. The molecule has 0 radical (unpaired) electrons. The lowest BCUT2D eigenvalue weighted by molar-refractivity contribution is 0.0146. The fourth-order valence-corrected chi connectivity index (χ4v) is 5.09. The highest BCUT2D eigenvalue weighted by molar-refractivity contribution is 5.91. The van der Waals surface area contributed by atoms with Gasteiger partial charge in [0.2, 0.25) is 5.89 Å². The van der Waals surface area contributed by atoms with Crippen LogP contribution in [0.2, 0.25) is 0 Å². The number of nitrogens with one attached hydrogen (secondary N) is 3. The number of nitrogens with zero attached hydrogens (tertiary/aromatic N) is 3. The molecule has 0 spiro atoms. The van der Waals surface area contributed by atoms with Gasteiger partial charge < -0.3 is 25.3 Å².